The summed E-state index contributed by atoms with van der Waals surface area (Å²) in [5.74, 6) is 5.47. The van der Waals surface area contributed by atoms with E-state index >= 15 is 0 Å². The van der Waals surface area contributed by atoms with Crippen molar-refractivity contribution in [3.63, 3.8) is 0 Å². The number of hydrazine groups is 1. The highest BCUT2D eigenvalue weighted by molar-refractivity contribution is 5.76. The van der Waals surface area contributed by atoms with E-state index in [1.807, 2.05) is 13.8 Å². The first-order chi connectivity index (χ1) is 9.97. The Bertz CT molecular complexity index is 508. The number of pyridine rings is 1. The van der Waals surface area contributed by atoms with Crippen LogP contribution in [0.3, 0.4) is 0 Å². The van der Waals surface area contributed by atoms with Gasteiger partial charge in [0.15, 0.2) is 0 Å². The Kier molecular flexibility index (Phi) is 6.34. The molecule has 9 nitrogen and oxygen atoms in total. The molecule has 1 atom stereocenters. The van der Waals surface area contributed by atoms with Crippen molar-refractivity contribution >= 4 is 23.2 Å². The number of carbonyl (C=O) groups excluding carboxylic acids is 1. The molecule has 1 amide bonds. The number of hydrogen-bond donors (Lipinski definition) is 4. The van der Waals surface area contributed by atoms with Crippen molar-refractivity contribution in [1.29, 1.82) is 0 Å². The van der Waals surface area contributed by atoms with E-state index in [9.17, 15) is 14.9 Å². The molecule has 1 rings (SSSR count). The molecule has 0 fully saturated rings. The number of carbonyl (C=O) groups is 1. The first kappa shape index (κ1) is 16.6. The van der Waals surface area contributed by atoms with Crippen LogP contribution in [-0.4, -0.2) is 28.4 Å². The van der Waals surface area contributed by atoms with E-state index in [1.165, 1.54) is 12.1 Å². The third-order valence-corrected chi connectivity index (χ3v) is 2.88. The van der Waals surface area contributed by atoms with Crippen LogP contribution in [0.5, 0.6) is 0 Å². The highest BCUT2D eigenvalue weighted by Gasteiger charge is 2.16. The molecule has 0 saturated heterocycles. The number of nitrogen functional groups attached to an aromatic ring is 1. The average molecular weight is 296 g/mol. The monoisotopic (exact) mass is 296 g/mol. The van der Waals surface area contributed by atoms with E-state index in [4.69, 9.17) is 5.84 Å². The number of nitro groups is 1. The standard InChI is InChI=1S/C12H20N6O3/c1-3-8(2)15-11(19)6-7-14-12-9(18(20)21)4-5-10(16-12)17-13/h4-5,8H,3,6-7,13H2,1-2H3,(H,15,19)(H2,14,16,17). The average Bonchev–Trinajstić information content (AvgIpc) is 2.46. The zero-order chi connectivity index (χ0) is 15.8. The van der Waals surface area contributed by atoms with Crippen LogP contribution in [0.4, 0.5) is 17.3 Å². The van der Waals surface area contributed by atoms with Crippen molar-refractivity contribution in [3.05, 3.63) is 22.2 Å². The normalized spacial score (nSPS) is 11.6. The van der Waals surface area contributed by atoms with Gasteiger partial charge in [0.1, 0.15) is 5.82 Å². The quantitative estimate of drug-likeness (QED) is 0.319. The molecule has 1 unspecified atom stereocenters. The maximum absolute atomic E-state index is 11.6. The number of rotatable bonds is 8. The summed E-state index contributed by atoms with van der Waals surface area (Å²) in [6.45, 7) is 4.13. The topological polar surface area (TPSA) is 135 Å². The first-order valence-corrected chi connectivity index (χ1v) is 6.63. The highest BCUT2D eigenvalue weighted by Crippen LogP contribution is 2.23. The maximum atomic E-state index is 11.6. The zero-order valence-electron chi connectivity index (χ0n) is 12.0. The van der Waals surface area contributed by atoms with Gasteiger partial charge in [-0.25, -0.2) is 10.8 Å². The number of nitrogens with one attached hydrogen (secondary N) is 3. The number of nitrogens with zero attached hydrogens (tertiary/aromatic N) is 2. The van der Waals surface area contributed by atoms with Crippen LogP contribution in [0.15, 0.2) is 12.1 Å². The molecule has 1 aromatic heterocycles. The minimum absolute atomic E-state index is 0.0757. The number of amides is 1. The van der Waals surface area contributed by atoms with Gasteiger partial charge >= 0.3 is 5.69 Å². The smallest absolute Gasteiger partial charge is 0.311 e. The lowest BCUT2D eigenvalue weighted by Crippen LogP contribution is -2.33. The van der Waals surface area contributed by atoms with Crippen LogP contribution >= 0.6 is 0 Å². The summed E-state index contributed by atoms with van der Waals surface area (Å²) in [4.78, 5) is 25.9. The second kappa shape index (κ2) is 8.00. The molecule has 0 aliphatic rings. The third-order valence-electron chi connectivity index (χ3n) is 2.88. The van der Waals surface area contributed by atoms with Crippen molar-refractivity contribution in [2.45, 2.75) is 32.7 Å². The number of nitrogens with two attached hydrogens (primary N) is 1. The summed E-state index contributed by atoms with van der Waals surface area (Å²) < 4.78 is 0. The van der Waals surface area contributed by atoms with Gasteiger partial charge in [-0.05, 0) is 19.4 Å². The molecular formula is C12H20N6O3. The van der Waals surface area contributed by atoms with Gasteiger partial charge in [-0.2, -0.15) is 0 Å². The fourth-order valence-corrected chi connectivity index (χ4v) is 1.55. The zero-order valence-corrected chi connectivity index (χ0v) is 12.0. The van der Waals surface area contributed by atoms with E-state index in [1.54, 1.807) is 0 Å². The molecule has 9 heteroatoms. The molecule has 1 aromatic rings. The lowest BCUT2D eigenvalue weighted by Gasteiger charge is -2.12. The predicted molar refractivity (Wildman–Crippen MR) is 79.7 cm³/mol. The molecule has 0 aliphatic carbocycles. The Morgan fingerprint density at radius 2 is 2.24 bits per heavy atom. The molecule has 0 spiro atoms. The van der Waals surface area contributed by atoms with Crippen molar-refractivity contribution in [2.75, 3.05) is 17.3 Å². The predicted octanol–water partition coefficient (Wildman–Crippen LogP) is 0.992. The van der Waals surface area contributed by atoms with Gasteiger partial charge in [0.2, 0.25) is 11.7 Å². The van der Waals surface area contributed by atoms with Gasteiger partial charge in [0.25, 0.3) is 0 Å². The summed E-state index contributed by atoms with van der Waals surface area (Å²) in [6.07, 6.45) is 1.04. The lowest BCUT2D eigenvalue weighted by atomic mass is 10.2. The number of aromatic nitrogens is 1. The van der Waals surface area contributed by atoms with Crippen LogP contribution in [0.1, 0.15) is 26.7 Å². The molecule has 0 aliphatic heterocycles. The molecule has 21 heavy (non-hydrogen) atoms. The number of hydrogen-bond acceptors (Lipinski definition) is 7. The van der Waals surface area contributed by atoms with Crippen molar-refractivity contribution in [2.24, 2.45) is 5.84 Å². The molecule has 5 N–H and O–H groups in total. The Balaban J connectivity index is 2.61. The SMILES string of the molecule is CCC(C)NC(=O)CCNc1nc(NN)ccc1[N+](=O)[O-]. The largest absolute Gasteiger partial charge is 0.364 e. The van der Waals surface area contributed by atoms with Gasteiger partial charge < -0.3 is 16.1 Å². The van der Waals surface area contributed by atoms with Crippen molar-refractivity contribution < 1.29 is 9.72 Å². The minimum Gasteiger partial charge on any atom is -0.364 e. The summed E-state index contributed by atoms with van der Waals surface area (Å²) in [5, 5.41) is 16.5. The molecular weight excluding hydrogens is 276 g/mol. The molecule has 0 aromatic carbocycles. The van der Waals surface area contributed by atoms with Gasteiger partial charge in [-0.1, -0.05) is 6.92 Å². The van der Waals surface area contributed by atoms with Gasteiger partial charge in [-0.3, -0.25) is 14.9 Å². The van der Waals surface area contributed by atoms with E-state index < -0.39 is 4.92 Å². The van der Waals surface area contributed by atoms with Crippen LogP contribution < -0.4 is 21.9 Å². The van der Waals surface area contributed by atoms with Gasteiger partial charge in [-0.15, -0.1) is 0 Å². The van der Waals surface area contributed by atoms with Crippen LogP contribution in [0.25, 0.3) is 0 Å². The van der Waals surface area contributed by atoms with E-state index in [2.05, 4.69) is 21.0 Å². The van der Waals surface area contributed by atoms with Gasteiger partial charge in [0, 0.05) is 25.1 Å². The maximum Gasteiger partial charge on any atom is 0.311 e. The highest BCUT2D eigenvalue weighted by atomic mass is 16.6. The molecule has 0 saturated carbocycles. The molecule has 0 bridgehead atoms. The summed E-state index contributed by atoms with van der Waals surface area (Å²) in [7, 11) is 0. The summed E-state index contributed by atoms with van der Waals surface area (Å²) in [5.41, 5.74) is 2.14. The van der Waals surface area contributed by atoms with E-state index in [-0.39, 0.29) is 36.4 Å². The van der Waals surface area contributed by atoms with Crippen LogP contribution in [0.2, 0.25) is 0 Å². The lowest BCUT2D eigenvalue weighted by molar-refractivity contribution is -0.384. The Labute approximate surface area is 122 Å². The van der Waals surface area contributed by atoms with Crippen LogP contribution in [0, 0.1) is 10.1 Å². The Hall–Kier alpha value is -2.42. The molecule has 1 heterocycles. The fraction of sp³-hybridized carbons (Fsp3) is 0.500. The summed E-state index contributed by atoms with van der Waals surface area (Å²) >= 11 is 0. The fourth-order valence-electron chi connectivity index (χ4n) is 1.55. The van der Waals surface area contributed by atoms with E-state index in [0.29, 0.717) is 5.82 Å². The van der Waals surface area contributed by atoms with Crippen molar-refractivity contribution in [3.8, 4) is 0 Å². The number of anilines is 2. The Morgan fingerprint density at radius 3 is 2.81 bits per heavy atom. The van der Waals surface area contributed by atoms with Gasteiger partial charge in [0.05, 0.1) is 4.92 Å². The van der Waals surface area contributed by atoms with Crippen molar-refractivity contribution in [1.82, 2.24) is 10.3 Å². The molecule has 116 valence electrons. The second-order valence-electron chi connectivity index (χ2n) is 4.52. The van der Waals surface area contributed by atoms with Crippen LogP contribution in [-0.2, 0) is 4.79 Å². The second-order valence-corrected chi connectivity index (χ2v) is 4.52. The van der Waals surface area contributed by atoms with E-state index in [0.717, 1.165) is 6.42 Å². The first-order valence-electron chi connectivity index (χ1n) is 6.63. The minimum atomic E-state index is -0.547. The Morgan fingerprint density at radius 1 is 1.52 bits per heavy atom. The third kappa shape index (κ3) is 5.22. The molecule has 0 radical (unpaired) electrons. The summed E-state index contributed by atoms with van der Waals surface area (Å²) in [6, 6.07) is 2.80.